The number of benzene rings is 2. The number of aromatic nitrogens is 3. The fourth-order valence-electron chi connectivity index (χ4n) is 3.44. The maximum absolute atomic E-state index is 13.0. The Hall–Kier alpha value is -3.98. The van der Waals surface area contributed by atoms with Gasteiger partial charge in [0.1, 0.15) is 22.6 Å². The van der Waals surface area contributed by atoms with Gasteiger partial charge < -0.3 is 20.5 Å². The smallest absolute Gasteiger partial charge is 0.257 e. The summed E-state index contributed by atoms with van der Waals surface area (Å²) in [5.41, 5.74) is 9.68. The zero-order valence-corrected chi connectivity index (χ0v) is 18.6. The first-order valence-electron chi connectivity index (χ1n) is 10.7. The number of nitrogen functional groups attached to an aromatic ring is 1. The lowest BCUT2D eigenvalue weighted by Crippen LogP contribution is -2.26. The summed E-state index contributed by atoms with van der Waals surface area (Å²) in [7, 11) is 1.62. The van der Waals surface area contributed by atoms with Crippen LogP contribution in [-0.4, -0.2) is 53.6 Å². The average molecular weight is 447 g/mol. The van der Waals surface area contributed by atoms with Crippen LogP contribution in [-0.2, 0) is 4.74 Å². The monoisotopic (exact) mass is 446 g/mol. The van der Waals surface area contributed by atoms with Crippen LogP contribution in [0.15, 0.2) is 53.6 Å². The second-order valence-electron chi connectivity index (χ2n) is 7.31. The second-order valence-corrected chi connectivity index (χ2v) is 7.31. The minimum Gasteiger partial charge on any atom is -0.494 e. The van der Waals surface area contributed by atoms with E-state index in [-0.39, 0.29) is 17.3 Å². The van der Waals surface area contributed by atoms with Gasteiger partial charge in [-0.05, 0) is 55.3 Å². The summed E-state index contributed by atoms with van der Waals surface area (Å²) < 4.78 is 12.0. The van der Waals surface area contributed by atoms with Crippen molar-refractivity contribution in [3.8, 4) is 5.75 Å². The lowest BCUT2D eigenvalue weighted by Gasteiger charge is -2.05. The third-order valence-corrected chi connectivity index (χ3v) is 5.03. The van der Waals surface area contributed by atoms with E-state index in [4.69, 9.17) is 15.2 Å². The number of fused-ring (bicyclic) bond motifs is 2. The van der Waals surface area contributed by atoms with Crippen LogP contribution >= 0.6 is 0 Å². The van der Waals surface area contributed by atoms with Crippen LogP contribution in [0.5, 0.6) is 5.75 Å². The van der Waals surface area contributed by atoms with Crippen LogP contribution in [0.4, 0.5) is 5.82 Å². The number of nitrogens with zero attached hydrogens (tertiary/aromatic N) is 4. The average Bonchev–Trinajstić information content (AvgIpc) is 3.10. The van der Waals surface area contributed by atoms with Crippen molar-refractivity contribution in [3.05, 3.63) is 59.7 Å². The molecule has 0 aliphatic carbocycles. The van der Waals surface area contributed by atoms with E-state index in [1.807, 2.05) is 55.5 Å². The highest BCUT2D eigenvalue weighted by Gasteiger charge is 2.23. The third-order valence-electron chi connectivity index (χ3n) is 5.03. The molecule has 3 N–H and O–H groups in total. The number of methoxy groups -OCH3 is 1. The molecule has 1 amide bonds. The number of hydrogen-bond acceptors (Lipinski definition) is 7. The SMILES string of the molecule is CCOc1ccc(/C=N\n2c(N)c(C(=O)NCCCOC)c3nc4ccccc4nc32)cc1. The predicted octanol–water partition coefficient (Wildman–Crippen LogP) is 3.21. The Morgan fingerprint density at radius 1 is 1.15 bits per heavy atom. The number of nitrogens with two attached hydrogens (primary N) is 1. The van der Waals surface area contributed by atoms with E-state index < -0.39 is 0 Å². The quantitative estimate of drug-likeness (QED) is 0.301. The van der Waals surface area contributed by atoms with Crippen molar-refractivity contribution in [1.29, 1.82) is 0 Å². The van der Waals surface area contributed by atoms with Gasteiger partial charge in [-0.25, -0.2) is 9.97 Å². The van der Waals surface area contributed by atoms with Crippen LogP contribution < -0.4 is 15.8 Å². The van der Waals surface area contributed by atoms with E-state index in [9.17, 15) is 4.79 Å². The number of carbonyl (C=O) groups excluding carboxylic acids is 1. The molecule has 0 radical (unpaired) electrons. The molecule has 4 aromatic rings. The van der Waals surface area contributed by atoms with Crippen LogP contribution in [0.3, 0.4) is 0 Å². The summed E-state index contributed by atoms with van der Waals surface area (Å²) in [6.07, 6.45) is 2.34. The number of nitrogens with one attached hydrogen (secondary N) is 1. The Labute approximate surface area is 191 Å². The van der Waals surface area contributed by atoms with Crippen molar-refractivity contribution in [2.24, 2.45) is 5.10 Å². The summed E-state index contributed by atoms with van der Waals surface area (Å²) in [4.78, 5) is 22.3. The standard InChI is InChI=1S/C24H26N6O3/c1-3-33-17-11-9-16(10-12-17)15-27-30-22(25)20(24(31)26-13-6-14-32-2)21-23(30)29-19-8-5-4-7-18(19)28-21/h4-5,7-12,15H,3,6,13-14,25H2,1-2H3,(H,26,31)/b27-15-. The van der Waals surface area contributed by atoms with Gasteiger partial charge in [-0.3, -0.25) is 4.79 Å². The minimum atomic E-state index is -0.326. The molecule has 0 aliphatic rings. The lowest BCUT2D eigenvalue weighted by atomic mass is 10.2. The fraction of sp³-hybridized carbons (Fsp3) is 0.250. The molecular weight excluding hydrogens is 420 g/mol. The van der Waals surface area contributed by atoms with E-state index in [1.165, 1.54) is 4.68 Å². The summed E-state index contributed by atoms with van der Waals surface area (Å²) in [5.74, 6) is 0.630. The lowest BCUT2D eigenvalue weighted by molar-refractivity contribution is 0.0951. The summed E-state index contributed by atoms with van der Waals surface area (Å²) >= 11 is 0. The molecule has 2 aromatic carbocycles. The maximum Gasteiger partial charge on any atom is 0.257 e. The van der Waals surface area contributed by atoms with Crippen LogP contribution in [0, 0.1) is 0 Å². The number of hydrogen-bond donors (Lipinski definition) is 2. The molecular formula is C24H26N6O3. The summed E-state index contributed by atoms with van der Waals surface area (Å²) in [6.45, 7) is 3.54. The number of carbonyl (C=O) groups is 1. The molecule has 0 spiro atoms. The van der Waals surface area contributed by atoms with Gasteiger partial charge in [-0.1, -0.05) is 12.1 Å². The van der Waals surface area contributed by atoms with E-state index in [0.717, 1.165) is 11.3 Å². The van der Waals surface area contributed by atoms with Gasteiger partial charge in [-0.2, -0.15) is 9.78 Å². The van der Waals surface area contributed by atoms with Crippen molar-refractivity contribution in [3.63, 3.8) is 0 Å². The molecule has 2 heterocycles. The number of amides is 1. The summed E-state index contributed by atoms with van der Waals surface area (Å²) in [5, 5.41) is 7.40. The normalized spacial score (nSPS) is 11.5. The predicted molar refractivity (Wildman–Crippen MR) is 129 cm³/mol. The van der Waals surface area contributed by atoms with E-state index in [0.29, 0.717) is 48.4 Å². The van der Waals surface area contributed by atoms with Gasteiger partial charge >= 0.3 is 0 Å². The molecule has 0 saturated heterocycles. The molecule has 0 atom stereocenters. The van der Waals surface area contributed by atoms with Crippen molar-refractivity contribution >= 4 is 40.1 Å². The number of anilines is 1. The van der Waals surface area contributed by atoms with Gasteiger partial charge in [-0.15, -0.1) is 0 Å². The zero-order chi connectivity index (χ0) is 23.2. The largest absolute Gasteiger partial charge is 0.494 e. The van der Waals surface area contributed by atoms with E-state index in [1.54, 1.807) is 13.3 Å². The van der Waals surface area contributed by atoms with Gasteiger partial charge in [0, 0.05) is 20.3 Å². The topological polar surface area (TPSA) is 117 Å². The number of ether oxygens (including phenoxy) is 2. The highest BCUT2D eigenvalue weighted by atomic mass is 16.5. The van der Waals surface area contributed by atoms with E-state index in [2.05, 4.69) is 20.4 Å². The fourth-order valence-corrected chi connectivity index (χ4v) is 3.44. The zero-order valence-electron chi connectivity index (χ0n) is 18.6. The van der Waals surface area contributed by atoms with Gasteiger partial charge in [0.25, 0.3) is 5.91 Å². The number of rotatable bonds is 9. The van der Waals surface area contributed by atoms with Gasteiger partial charge in [0.2, 0.25) is 0 Å². The molecule has 0 unspecified atom stereocenters. The van der Waals surface area contributed by atoms with Crippen molar-refractivity contribution in [2.45, 2.75) is 13.3 Å². The Morgan fingerprint density at radius 2 is 1.88 bits per heavy atom. The molecule has 9 heteroatoms. The highest BCUT2D eigenvalue weighted by Crippen LogP contribution is 2.27. The van der Waals surface area contributed by atoms with E-state index >= 15 is 0 Å². The Balaban J connectivity index is 1.75. The number of para-hydroxylation sites is 2. The van der Waals surface area contributed by atoms with Crippen LogP contribution in [0.1, 0.15) is 29.3 Å². The Bertz CT molecular complexity index is 1300. The third kappa shape index (κ3) is 4.78. The molecule has 0 bridgehead atoms. The van der Waals surface area contributed by atoms with Crippen molar-refractivity contribution < 1.29 is 14.3 Å². The minimum absolute atomic E-state index is 0.173. The molecule has 4 rings (SSSR count). The molecule has 9 nitrogen and oxygen atoms in total. The Kier molecular flexibility index (Phi) is 6.80. The van der Waals surface area contributed by atoms with Crippen molar-refractivity contribution in [1.82, 2.24) is 20.0 Å². The second kappa shape index (κ2) is 10.1. The van der Waals surface area contributed by atoms with Crippen LogP contribution in [0.25, 0.3) is 22.2 Å². The molecule has 0 saturated carbocycles. The Morgan fingerprint density at radius 3 is 2.58 bits per heavy atom. The molecule has 33 heavy (non-hydrogen) atoms. The van der Waals surface area contributed by atoms with Crippen molar-refractivity contribution in [2.75, 3.05) is 32.6 Å². The molecule has 2 aromatic heterocycles. The first-order chi connectivity index (χ1) is 16.1. The maximum atomic E-state index is 13.0. The van der Waals surface area contributed by atoms with Gasteiger partial charge in [0.05, 0.1) is 23.9 Å². The molecule has 170 valence electrons. The van der Waals surface area contributed by atoms with Crippen LogP contribution in [0.2, 0.25) is 0 Å². The first kappa shape index (κ1) is 22.2. The molecule has 0 aliphatic heterocycles. The summed E-state index contributed by atoms with van der Waals surface area (Å²) in [6, 6.07) is 15.0. The highest BCUT2D eigenvalue weighted by molar-refractivity contribution is 6.10. The molecule has 0 fully saturated rings. The first-order valence-corrected chi connectivity index (χ1v) is 10.7. The van der Waals surface area contributed by atoms with Gasteiger partial charge in [0.15, 0.2) is 5.65 Å².